The second-order valence-corrected chi connectivity index (χ2v) is 4.46. The van der Waals surface area contributed by atoms with Crippen molar-refractivity contribution in [2.75, 3.05) is 5.32 Å². The van der Waals surface area contributed by atoms with Gasteiger partial charge in [-0.1, -0.05) is 18.3 Å². The first-order valence-electron chi connectivity index (χ1n) is 4.31. The standard InChI is InChI=1S/C8H8N4OS2/c1-2-6-11-12-8(15-6)10-7(13)5-3-14-4-9-5/h3-4H,2H2,1H3,(H,10,12,13). The van der Waals surface area contributed by atoms with Crippen LogP contribution in [0.5, 0.6) is 0 Å². The number of rotatable bonds is 3. The van der Waals surface area contributed by atoms with Crippen LogP contribution >= 0.6 is 22.7 Å². The maximum atomic E-state index is 11.5. The molecule has 0 radical (unpaired) electrons. The molecule has 1 amide bonds. The molecule has 0 saturated heterocycles. The Bertz CT molecular complexity index is 451. The Morgan fingerprint density at radius 2 is 2.40 bits per heavy atom. The average Bonchev–Trinajstić information content (AvgIpc) is 2.87. The Balaban J connectivity index is 2.06. The molecule has 0 bridgehead atoms. The van der Waals surface area contributed by atoms with E-state index in [0.717, 1.165) is 11.4 Å². The molecule has 0 aliphatic carbocycles. The number of thiazole rings is 1. The van der Waals surface area contributed by atoms with E-state index < -0.39 is 0 Å². The van der Waals surface area contributed by atoms with Crippen molar-refractivity contribution < 1.29 is 4.79 Å². The molecular formula is C8H8N4OS2. The Morgan fingerprint density at radius 3 is 3.00 bits per heavy atom. The highest BCUT2D eigenvalue weighted by atomic mass is 32.1. The van der Waals surface area contributed by atoms with E-state index in [1.54, 1.807) is 10.9 Å². The third-order valence-corrected chi connectivity index (χ3v) is 3.22. The number of nitrogens with zero attached hydrogens (tertiary/aromatic N) is 3. The lowest BCUT2D eigenvalue weighted by Crippen LogP contribution is -2.11. The Labute approximate surface area is 94.2 Å². The van der Waals surface area contributed by atoms with Crippen LogP contribution in [0.25, 0.3) is 0 Å². The van der Waals surface area contributed by atoms with Gasteiger partial charge in [-0.2, -0.15) is 0 Å². The van der Waals surface area contributed by atoms with E-state index in [1.807, 2.05) is 6.92 Å². The van der Waals surface area contributed by atoms with Gasteiger partial charge in [0.25, 0.3) is 5.91 Å². The lowest BCUT2D eigenvalue weighted by Gasteiger charge is -1.95. The first-order chi connectivity index (χ1) is 7.29. The number of carbonyl (C=O) groups is 1. The number of hydrogen-bond donors (Lipinski definition) is 1. The molecule has 0 aliphatic rings. The van der Waals surface area contributed by atoms with Crippen LogP contribution in [0.1, 0.15) is 22.4 Å². The molecule has 2 aromatic rings. The van der Waals surface area contributed by atoms with Crippen molar-refractivity contribution >= 4 is 33.7 Å². The van der Waals surface area contributed by atoms with Gasteiger partial charge in [0.2, 0.25) is 5.13 Å². The molecule has 2 rings (SSSR count). The van der Waals surface area contributed by atoms with Crippen LogP contribution in [-0.4, -0.2) is 21.1 Å². The predicted molar refractivity (Wildman–Crippen MR) is 59.4 cm³/mol. The van der Waals surface area contributed by atoms with E-state index in [-0.39, 0.29) is 5.91 Å². The molecule has 0 spiro atoms. The van der Waals surface area contributed by atoms with Crippen LogP contribution in [0.2, 0.25) is 0 Å². The molecule has 2 aromatic heterocycles. The fourth-order valence-electron chi connectivity index (χ4n) is 0.933. The average molecular weight is 240 g/mol. The lowest BCUT2D eigenvalue weighted by molar-refractivity contribution is 0.102. The number of anilines is 1. The van der Waals surface area contributed by atoms with Crippen LogP contribution in [-0.2, 0) is 6.42 Å². The number of aromatic nitrogens is 3. The fraction of sp³-hybridized carbons (Fsp3) is 0.250. The molecule has 15 heavy (non-hydrogen) atoms. The second-order valence-electron chi connectivity index (χ2n) is 2.68. The Kier molecular flexibility index (Phi) is 3.02. The van der Waals surface area contributed by atoms with Crippen LogP contribution < -0.4 is 5.32 Å². The van der Waals surface area contributed by atoms with Crippen LogP contribution in [0.15, 0.2) is 10.9 Å². The van der Waals surface area contributed by atoms with Gasteiger partial charge in [0, 0.05) is 5.38 Å². The van der Waals surface area contributed by atoms with Gasteiger partial charge in [-0.25, -0.2) is 4.98 Å². The summed E-state index contributed by atoms with van der Waals surface area (Å²) in [7, 11) is 0. The molecule has 2 heterocycles. The minimum Gasteiger partial charge on any atom is -0.295 e. The zero-order valence-corrected chi connectivity index (χ0v) is 9.56. The predicted octanol–water partition coefficient (Wildman–Crippen LogP) is 1.81. The summed E-state index contributed by atoms with van der Waals surface area (Å²) in [5, 5.41) is 13.5. The van der Waals surface area contributed by atoms with Gasteiger partial charge >= 0.3 is 0 Å². The molecule has 0 aromatic carbocycles. The second kappa shape index (κ2) is 4.45. The first kappa shape index (κ1) is 10.2. The smallest absolute Gasteiger partial charge is 0.276 e. The quantitative estimate of drug-likeness (QED) is 0.888. The summed E-state index contributed by atoms with van der Waals surface area (Å²) in [6.45, 7) is 1.99. The van der Waals surface area contributed by atoms with Crippen molar-refractivity contribution in [3.8, 4) is 0 Å². The topological polar surface area (TPSA) is 67.8 Å². The third kappa shape index (κ3) is 2.37. The fourth-order valence-corrected chi connectivity index (χ4v) is 2.14. The van der Waals surface area contributed by atoms with Gasteiger partial charge in [-0.05, 0) is 6.42 Å². The first-order valence-corrected chi connectivity index (χ1v) is 6.07. The van der Waals surface area contributed by atoms with Gasteiger partial charge in [0.15, 0.2) is 0 Å². The van der Waals surface area contributed by atoms with Gasteiger partial charge in [-0.3, -0.25) is 10.1 Å². The number of carbonyl (C=O) groups excluding carboxylic acids is 1. The van der Waals surface area contributed by atoms with E-state index in [9.17, 15) is 4.79 Å². The van der Waals surface area contributed by atoms with E-state index in [2.05, 4.69) is 20.5 Å². The van der Waals surface area contributed by atoms with Crippen LogP contribution in [0, 0.1) is 0 Å². The number of nitrogens with one attached hydrogen (secondary N) is 1. The van der Waals surface area contributed by atoms with Gasteiger partial charge in [-0.15, -0.1) is 21.5 Å². The summed E-state index contributed by atoms with van der Waals surface area (Å²) >= 11 is 2.76. The molecule has 0 aliphatic heterocycles. The molecule has 0 unspecified atom stereocenters. The maximum Gasteiger partial charge on any atom is 0.276 e. The Morgan fingerprint density at radius 1 is 1.53 bits per heavy atom. The highest BCUT2D eigenvalue weighted by molar-refractivity contribution is 7.15. The molecule has 5 nitrogen and oxygen atoms in total. The monoisotopic (exact) mass is 240 g/mol. The Hall–Kier alpha value is -1.34. The molecule has 0 atom stereocenters. The lowest BCUT2D eigenvalue weighted by atomic mass is 10.5. The van der Waals surface area contributed by atoms with E-state index in [0.29, 0.717) is 10.8 Å². The minimum atomic E-state index is -0.241. The molecule has 0 saturated carbocycles. The summed E-state index contributed by atoms with van der Waals surface area (Å²) in [5.41, 5.74) is 2.03. The molecular weight excluding hydrogens is 232 g/mol. The molecule has 0 fully saturated rings. The largest absolute Gasteiger partial charge is 0.295 e. The zero-order chi connectivity index (χ0) is 10.7. The molecule has 78 valence electrons. The third-order valence-electron chi connectivity index (χ3n) is 1.65. The van der Waals surface area contributed by atoms with Crippen LogP contribution in [0.4, 0.5) is 5.13 Å². The SMILES string of the molecule is CCc1nnc(NC(=O)c2cscn2)s1. The number of amides is 1. The molecule has 1 N–H and O–H groups in total. The minimum absolute atomic E-state index is 0.241. The number of hydrogen-bond acceptors (Lipinski definition) is 6. The van der Waals surface area contributed by atoms with Crippen molar-refractivity contribution in [3.63, 3.8) is 0 Å². The normalized spacial score (nSPS) is 10.2. The van der Waals surface area contributed by atoms with Gasteiger partial charge < -0.3 is 0 Å². The highest BCUT2D eigenvalue weighted by Gasteiger charge is 2.10. The van der Waals surface area contributed by atoms with Gasteiger partial charge in [0.1, 0.15) is 10.7 Å². The van der Waals surface area contributed by atoms with Crippen LogP contribution in [0.3, 0.4) is 0 Å². The van der Waals surface area contributed by atoms with Crippen molar-refractivity contribution in [2.45, 2.75) is 13.3 Å². The van der Waals surface area contributed by atoms with Gasteiger partial charge in [0.05, 0.1) is 5.51 Å². The van der Waals surface area contributed by atoms with Crippen molar-refractivity contribution in [3.05, 3.63) is 21.6 Å². The van der Waals surface area contributed by atoms with E-state index in [1.165, 1.54) is 22.7 Å². The zero-order valence-electron chi connectivity index (χ0n) is 7.93. The summed E-state index contributed by atoms with van der Waals surface area (Å²) < 4.78 is 0. The summed E-state index contributed by atoms with van der Waals surface area (Å²) in [5.74, 6) is -0.241. The highest BCUT2D eigenvalue weighted by Crippen LogP contribution is 2.16. The summed E-state index contributed by atoms with van der Waals surface area (Å²) in [6, 6.07) is 0. The summed E-state index contributed by atoms with van der Waals surface area (Å²) in [4.78, 5) is 15.4. The van der Waals surface area contributed by atoms with Crippen molar-refractivity contribution in [1.29, 1.82) is 0 Å². The maximum absolute atomic E-state index is 11.5. The van der Waals surface area contributed by atoms with Crippen molar-refractivity contribution in [1.82, 2.24) is 15.2 Å². The summed E-state index contributed by atoms with van der Waals surface area (Å²) in [6.07, 6.45) is 0.824. The van der Waals surface area contributed by atoms with Crippen molar-refractivity contribution in [2.24, 2.45) is 0 Å². The number of aryl methyl sites for hydroxylation is 1. The van der Waals surface area contributed by atoms with E-state index in [4.69, 9.17) is 0 Å². The molecule has 7 heteroatoms. The van der Waals surface area contributed by atoms with E-state index >= 15 is 0 Å².